The van der Waals surface area contributed by atoms with Gasteiger partial charge in [-0.05, 0) is 5.41 Å². The molecule has 1 aliphatic heterocycles. The Kier molecular flexibility index (Phi) is 3.72. The maximum absolute atomic E-state index is 11.5. The van der Waals surface area contributed by atoms with Crippen LogP contribution in [0.3, 0.4) is 0 Å². The molecule has 1 heterocycles. The van der Waals surface area contributed by atoms with Crippen LogP contribution in [-0.4, -0.2) is 36.5 Å². The summed E-state index contributed by atoms with van der Waals surface area (Å²) in [6.07, 6.45) is 0.632. The number of ketones is 1. The molecule has 1 rings (SSSR count). The maximum atomic E-state index is 11.5. The number of amides is 1. The van der Waals surface area contributed by atoms with Gasteiger partial charge in [-0.15, -0.1) is 0 Å². The Morgan fingerprint density at radius 1 is 1.33 bits per heavy atom. The topological polar surface area (TPSA) is 46.6 Å². The van der Waals surface area contributed by atoms with Crippen molar-refractivity contribution in [3.05, 3.63) is 0 Å². The zero-order valence-electron chi connectivity index (χ0n) is 9.71. The van der Waals surface area contributed by atoms with E-state index in [4.69, 9.17) is 4.74 Å². The van der Waals surface area contributed by atoms with Crippen LogP contribution in [0.1, 0.15) is 33.6 Å². The number of hydrogen-bond acceptors (Lipinski definition) is 3. The average molecular weight is 213 g/mol. The lowest BCUT2D eigenvalue weighted by Gasteiger charge is -2.27. The Balaban J connectivity index is 2.31. The number of likely N-dealkylation sites (tertiary alicyclic amines) is 1. The number of Topliss-reactive ketones (excluding diaryl/α,β-unsaturated/α-hetero) is 1. The van der Waals surface area contributed by atoms with E-state index >= 15 is 0 Å². The zero-order chi connectivity index (χ0) is 11.5. The predicted molar refractivity (Wildman–Crippen MR) is 56.6 cm³/mol. The van der Waals surface area contributed by atoms with E-state index in [0.29, 0.717) is 32.5 Å². The van der Waals surface area contributed by atoms with Crippen LogP contribution in [0.25, 0.3) is 0 Å². The lowest BCUT2D eigenvalue weighted by atomic mass is 9.99. The van der Waals surface area contributed by atoms with Crippen molar-refractivity contribution in [2.45, 2.75) is 33.6 Å². The quantitative estimate of drug-likeness (QED) is 0.667. The molecule has 4 heteroatoms. The van der Waals surface area contributed by atoms with Crippen molar-refractivity contribution < 1.29 is 14.3 Å². The van der Waals surface area contributed by atoms with Gasteiger partial charge in [0.1, 0.15) is 5.78 Å². The molecule has 15 heavy (non-hydrogen) atoms. The highest BCUT2D eigenvalue weighted by atomic mass is 16.6. The van der Waals surface area contributed by atoms with Gasteiger partial charge in [-0.1, -0.05) is 20.8 Å². The molecule has 4 nitrogen and oxygen atoms in total. The van der Waals surface area contributed by atoms with E-state index in [1.54, 1.807) is 4.90 Å². The highest BCUT2D eigenvalue weighted by Gasteiger charge is 2.23. The number of piperidine rings is 1. The monoisotopic (exact) mass is 213 g/mol. The molecule has 0 aromatic heterocycles. The normalized spacial score (nSPS) is 17.8. The molecular formula is C11H19NO3. The summed E-state index contributed by atoms with van der Waals surface area (Å²) < 4.78 is 5.16. The third-order valence-electron chi connectivity index (χ3n) is 2.21. The molecule has 1 saturated heterocycles. The lowest BCUT2D eigenvalue weighted by molar-refractivity contribution is -0.121. The van der Waals surface area contributed by atoms with Gasteiger partial charge in [0.25, 0.3) is 0 Å². The van der Waals surface area contributed by atoms with Crippen molar-refractivity contribution >= 4 is 11.9 Å². The average Bonchev–Trinajstić information content (AvgIpc) is 2.14. The van der Waals surface area contributed by atoms with Crippen molar-refractivity contribution in [3.8, 4) is 0 Å². The highest BCUT2D eigenvalue weighted by Crippen LogP contribution is 2.14. The van der Waals surface area contributed by atoms with Gasteiger partial charge in [-0.2, -0.15) is 0 Å². The Labute approximate surface area is 90.6 Å². The van der Waals surface area contributed by atoms with Crippen LogP contribution in [0.15, 0.2) is 0 Å². The van der Waals surface area contributed by atoms with Gasteiger partial charge in [-0.25, -0.2) is 4.79 Å². The van der Waals surface area contributed by atoms with Crippen LogP contribution in [0.4, 0.5) is 4.79 Å². The van der Waals surface area contributed by atoms with E-state index < -0.39 is 0 Å². The summed E-state index contributed by atoms with van der Waals surface area (Å²) in [5.41, 5.74) is -0.0126. The van der Waals surface area contributed by atoms with E-state index in [2.05, 4.69) is 0 Å². The largest absolute Gasteiger partial charge is 0.449 e. The van der Waals surface area contributed by atoms with Crippen LogP contribution < -0.4 is 0 Å². The van der Waals surface area contributed by atoms with Gasteiger partial charge >= 0.3 is 6.09 Å². The molecule has 0 bridgehead atoms. The molecule has 0 aromatic carbocycles. The van der Waals surface area contributed by atoms with Crippen LogP contribution >= 0.6 is 0 Å². The minimum absolute atomic E-state index is 0.0126. The van der Waals surface area contributed by atoms with E-state index in [1.807, 2.05) is 20.8 Å². The van der Waals surface area contributed by atoms with Crippen molar-refractivity contribution in [2.24, 2.45) is 5.41 Å². The summed E-state index contributed by atoms with van der Waals surface area (Å²) in [7, 11) is 0. The molecule has 0 aliphatic carbocycles. The number of rotatable bonds is 1. The van der Waals surface area contributed by atoms with E-state index in [0.717, 1.165) is 0 Å². The smallest absolute Gasteiger partial charge is 0.409 e. The third-order valence-corrected chi connectivity index (χ3v) is 2.21. The molecule has 0 spiro atoms. The summed E-state index contributed by atoms with van der Waals surface area (Å²) in [5, 5.41) is 0. The first kappa shape index (κ1) is 12.0. The Morgan fingerprint density at radius 3 is 2.33 bits per heavy atom. The molecule has 1 fully saturated rings. The number of ether oxygens (including phenoxy) is 1. The molecule has 0 aromatic rings. The summed E-state index contributed by atoms with van der Waals surface area (Å²) in [6.45, 7) is 7.46. The second-order valence-electron chi connectivity index (χ2n) is 5.14. The Bertz CT molecular complexity index is 245. The molecule has 0 unspecified atom stereocenters. The molecular weight excluding hydrogens is 194 g/mol. The van der Waals surface area contributed by atoms with E-state index in [-0.39, 0.29) is 17.3 Å². The molecule has 86 valence electrons. The third kappa shape index (κ3) is 4.32. The van der Waals surface area contributed by atoms with Crippen molar-refractivity contribution in [1.29, 1.82) is 0 Å². The zero-order valence-corrected chi connectivity index (χ0v) is 9.71. The van der Waals surface area contributed by atoms with Crippen LogP contribution in [0.2, 0.25) is 0 Å². The van der Waals surface area contributed by atoms with Gasteiger partial charge in [0, 0.05) is 25.9 Å². The van der Waals surface area contributed by atoms with Crippen LogP contribution in [0.5, 0.6) is 0 Å². The number of hydrogen-bond donors (Lipinski definition) is 0. The molecule has 0 radical (unpaired) electrons. The van der Waals surface area contributed by atoms with Gasteiger partial charge < -0.3 is 9.64 Å². The fourth-order valence-electron chi connectivity index (χ4n) is 1.31. The second kappa shape index (κ2) is 4.64. The van der Waals surface area contributed by atoms with Crippen molar-refractivity contribution in [2.75, 3.05) is 19.7 Å². The lowest BCUT2D eigenvalue weighted by Crippen LogP contribution is -2.39. The Morgan fingerprint density at radius 2 is 1.87 bits per heavy atom. The first-order chi connectivity index (χ1) is 6.88. The predicted octanol–water partition coefficient (Wildman–Crippen LogP) is 1.83. The summed E-state index contributed by atoms with van der Waals surface area (Å²) in [4.78, 5) is 24.1. The van der Waals surface area contributed by atoms with E-state index in [9.17, 15) is 9.59 Å². The van der Waals surface area contributed by atoms with Crippen LogP contribution in [0, 0.1) is 5.41 Å². The minimum atomic E-state index is -0.294. The van der Waals surface area contributed by atoms with Crippen LogP contribution in [-0.2, 0) is 9.53 Å². The van der Waals surface area contributed by atoms with Gasteiger partial charge in [0.2, 0.25) is 0 Å². The summed E-state index contributed by atoms with van der Waals surface area (Å²) in [6, 6.07) is 0. The number of nitrogens with zero attached hydrogens (tertiary/aromatic N) is 1. The Hall–Kier alpha value is -1.06. The van der Waals surface area contributed by atoms with Crippen molar-refractivity contribution in [3.63, 3.8) is 0 Å². The fraction of sp³-hybridized carbons (Fsp3) is 0.818. The van der Waals surface area contributed by atoms with E-state index in [1.165, 1.54) is 0 Å². The number of carbonyl (C=O) groups excluding carboxylic acids is 2. The van der Waals surface area contributed by atoms with Gasteiger partial charge in [0.15, 0.2) is 0 Å². The maximum Gasteiger partial charge on any atom is 0.409 e. The summed E-state index contributed by atoms with van der Waals surface area (Å²) >= 11 is 0. The van der Waals surface area contributed by atoms with Gasteiger partial charge in [-0.3, -0.25) is 4.79 Å². The molecule has 1 aliphatic rings. The first-order valence-electron chi connectivity index (χ1n) is 5.32. The molecule has 0 saturated carbocycles. The second-order valence-corrected chi connectivity index (χ2v) is 5.14. The molecule has 0 N–H and O–H groups in total. The standard InChI is InChI=1S/C11H19NO3/c1-11(2,3)8-15-10(14)12-6-4-9(13)5-7-12/h4-8H2,1-3H3. The summed E-state index contributed by atoms with van der Waals surface area (Å²) in [5.74, 6) is 0.231. The molecule has 0 atom stereocenters. The first-order valence-corrected chi connectivity index (χ1v) is 5.32. The minimum Gasteiger partial charge on any atom is -0.449 e. The fourth-order valence-corrected chi connectivity index (χ4v) is 1.31. The van der Waals surface area contributed by atoms with Gasteiger partial charge in [0.05, 0.1) is 6.61 Å². The SMILES string of the molecule is CC(C)(C)COC(=O)N1CCC(=O)CC1. The molecule has 1 amide bonds. The number of carbonyl (C=O) groups is 2. The van der Waals surface area contributed by atoms with Crippen molar-refractivity contribution in [1.82, 2.24) is 4.90 Å². The highest BCUT2D eigenvalue weighted by molar-refractivity contribution is 5.81.